The third kappa shape index (κ3) is 2.67. The van der Waals surface area contributed by atoms with E-state index in [0.717, 1.165) is 24.1 Å². The van der Waals surface area contributed by atoms with E-state index in [1.54, 1.807) is 12.1 Å². The van der Waals surface area contributed by atoms with Crippen LogP contribution in [0.15, 0.2) is 36.4 Å². The van der Waals surface area contributed by atoms with Gasteiger partial charge in [0.2, 0.25) is 0 Å². The predicted octanol–water partition coefficient (Wildman–Crippen LogP) is 3.48. The average molecular weight is 283 g/mol. The SMILES string of the molecule is Cc1ccc(NCc2cccc3c2NCC3)c([N+](=O)[O-])c1. The van der Waals surface area contributed by atoms with E-state index in [9.17, 15) is 10.1 Å². The first-order chi connectivity index (χ1) is 10.1. The molecule has 0 fully saturated rings. The molecule has 0 amide bonds. The van der Waals surface area contributed by atoms with E-state index in [1.165, 1.54) is 11.3 Å². The van der Waals surface area contributed by atoms with Crippen molar-refractivity contribution in [1.29, 1.82) is 0 Å². The number of nitrogens with one attached hydrogen (secondary N) is 2. The standard InChI is InChI=1S/C16H17N3O2/c1-11-5-6-14(15(9-11)19(20)21)18-10-13-4-2-3-12-7-8-17-16(12)13/h2-6,9,17-18H,7-8,10H2,1H3. The molecule has 2 aromatic carbocycles. The molecule has 2 aromatic rings. The average Bonchev–Trinajstić information content (AvgIpc) is 2.94. The molecular formula is C16H17N3O2. The largest absolute Gasteiger partial charge is 0.384 e. The van der Waals surface area contributed by atoms with Crippen LogP contribution < -0.4 is 10.6 Å². The first kappa shape index (κ1) is 13.4. The summed E-state index contributed by atoms with van der Waals surface area (Å²) in [6, 6.07) is 11.4. The molecule has 0 radical (unpaired) electrons. The number of anilines is 2. The van der Waals surface area contributed by atoms with Crippen molar-refractivity contribution < 1.29 is 4.92 Å². The van der Waals surface area contributed by atoms with E-state index in [2.05, 4.69) is 16.7 Å². The van der Waals surface area contributed by atoms with Crippen LogP contribution in [-0.2, 0) is 13.0 Å². The third-order valence-electron chi connectivity index (χ3n) is 3.75. The lowest BCUT2D eigenvalue weighted by Gasteiger charge is -2.11. The number of hydrogen-bond donors (Lipinski definition) is 2. The van der Waals surface area contributed by atoms with Crippen molar-refractivity contribution in [3.63, 3.8) is 0 Å². The molecule has 2 N–H and O–H groups in total. The maximum Gasteiger partial charge on any atom is 0.292 e. The van der Waals surface area contributed by atoms with Crippen molar-refractivity contribution in [3.05, 3.63) is 63.2 Å². The van der Waals surface area contributed by atoms with Gasteiger partial charge in [-0.25, -0.2) is 0 Å². The molecule has 0 unspecified atom stereocenters. The van der Waals surface area contributed by atoms with Gasteiger partial charge in [0.05, 0.1) is 4.92 Å². The molecule has 0 aliphatic carbocycles. The lowest BCUT2D eigenvalue weighted by Crippen LogP contribution is -2.05. The molecule has 5 nitrogen and oxygen atoms in total. The zero-order valence-corrected chi connectivity index (χ0v) is 11.8. The summed E-state index contributed by atoms with van der Waals surface area (Å²) in [4.78, 5) is 10.8. The van der Waals surface area contributed by atoms with Gasteiger partial charge in [-0.2, -0.15) is 0 Å². The van der Waals surface area contributed by atoms with Gasteiger partial charge in [-0.1, -0.05) is 24.3 Å². The first-order valence-electron chi connectivity index (χ1n) is 6.99. The number of rotatable bonds is 4. The van der Waals surface area contributed by atoms with E-state index in [1.807, 2.05) is 25.1 Å². The molecule has 21 heavy (non-hydrogen) atoms. The maximum atomic E-state index is 11.1. The summed E-state index contributed by atoms with van der Waals surface area (Å²) < 4.78 is 0. The second kappa shape index (κ2) is 5.44. The molecule has 1 aliphatic rings. The summed E-state index contributed by atoms with van der Waals surface area (Å²) in [5.41, 5.74) is 5.18. The van der Waals surface area contributed by atoms with E-state index in [0.29, 0.717) is 12.2 Å². The van der Waals surface area contributed by atoms with Gasteiger partial charge >= 0.3 is 0 Å². The Hall–Kier alpha value is -2.56. The number of hydrogen-bond acceptors (Lipinski definition) is 4. The van der Waals surface area contributed by atoms with Crippen LogP contribution in [0.4, 0.5) is 17.1 Å². The Morgan fingerprint density at radius 1 is 1.33 bits per heavy atom. The molecule has 5 heteroatoms. The molecule has 0 saturated heterocycles. The minimum absolute atomic E-state index is 0.121. The maximum absolute atomic E-state index is 11.1. The van der Waals surface area contributed by atoms with Crippen molar-refractivity contribution in [2.45, 2.75) is 19.9 Å². The fourth-order valence-electron chi connectivity index (χ4n) is 2.69. The van der Waals surface area contributed by atoms with Crippen LogP contribution in [0.1, 0.15) is 16.7 Å². The van der Waals surface area contributed by atoms with Crippen LogP contribution in [0, 0.1) is 17.0 Å². The van der Waals surface area contributed by atoms with Crippen LogP contribution in [0.25, 0.3) is 0 Å². The van der Waals surface area contributed by atoms with Gasteiger partial charge in [-0.3, -0.25) is 10.1 Å². The van der Waals surface area contributed by atoms with E-state index >= 15 is 0 Å². The first-order valence-corrected chi connectivity index (χ1v) is 6.99. The molecule has 0 bridgehead atoms. The summed E-state index contributed by atoms with van der Waals surface area (Å²) in [7, 11) is 0. The Morgan fingerprint density at radius 3 is 3.00 bits per heavy atom. The summed E-state index contributed by atoms with van der Waals surface area (Å²) in [6.45, 7) is 3.38. The normalized spacial score (nSPS) is 12.6. The second-order valence-corrected chi connectivity index (χ2v) is 5.26. The van der Waals surface area contributed by atoms with Gasteiger partial charge < -0.3 is 10.6 Å². The van der Waals surface area contributed by atoms with Crippen LogP contribution in [0.2, 0.25) is 0 Å². The van der Waals surface area contributed by atoms with Gasteiger partial charge in [0.25, 0.3) is 5.69 Å². The van der Waals surface area contributed by atoms with Gasteiger partial charge in [-0.15, -0.1) is 0 Å². The molecule has 0 spiro atoms. The Bertz CT molecular complexity index is 698. The lowest BCUT2D eigenvalue weighted by molar-refractivity contribution is -0.384. The van der Waals surface area contributed by atoms with Gasteiger partial charge in [-0.05, 0) is 36.1 Å². The molecule has 1 aliphatic heterocycles. The molecule has 1 heterocycles. The van der Waals surface area contributed by atoms with Crippen LogP contribution in [0.3, 0.4) is 0 Å². The number of benzene rings is 2. The number of para-hydroxylation sites is 1. The Balaban J connectivity index is 1.83. The quantitative estimate of drug-likeness (QED) is 0.666. The minimum atomic E-state index is -0.344. The monoisotopic (exact) mass is 283 g/mol. The second-order valence-electron chi connectivity index (χ2n) is 5.26. The molecule has 3 rings (SSSR count). The fraction of sp³-hybridized carbons (Fsp3) is 0.250. The van der Waals surface area contributed by atoms with Gasteiger partial charge in [0.15, 0.2) is 0 Å². The summed E-state index contributed by atoms with van der Waals surface area (Å²) >= 11 is 0. The zero-order valence-electron chi connectivity index (χ0n) is 11.8. The van der Waals surface area contributed by atoms with Crippen molar-refractivity contribution in [2.24, 2.45) is 0 Å². The number of nitro groups is 1. The molecule has 0 saturated carbocycles. The molecule has 108 valence electrons. The number of nitrogens with zero attached hydrogens (tertiary/aromatic N) is 1. The van der Waals surface area contributed by atoms with E-state index < -0.39 is 0 Å². The summed E-state index contributed by atoms with van der Waals surface area (Å²) in [6.07, 6.45) is 1.04. The molecular weight excluding hydrogens is 266 g/mol. The third-order valence-corrected chi connectivity index (χ3v) is 3.75. The highest BCUT2D eigenvalue weighted by Gasteiger charge is 2.16. The Kier molecular flexibility index (Phi) is 3.48. The Labute approximate surface area is 123 Å². The Morgan fingerprint density at radius 2 is 2.19 bits per heavy atom. The van der Waals surface area contributed by atoms with E-state index in [-0.39, 0.29) is 10.6 Å². The fourth-order valence-corrected chi connectivity index (χ4v) is 2.69. The number of fused-ring (bicyclic) bond motifs is 1. The highest BCUT2D eigenvalue weighted by molar-refractivity contribution is 5.65. The number of aryl methyl sites for hydroxylation is 1. The van der Waals surface area contributed by atoms with Crippen LogP contribution in [0.5, 0.6) is 0 Å². The summed E-state index contributed by atoms with van der Waals surface area (Å²) in [5, 5.41) is 17.7. The molecule has 0 aromatic heterocycles. The van der Waals surface area contributed by atoms with Crippen molar-refractivity contribution >= 4 is 17.1 Å². The smallest absolute Gasteiger partial charge is 0.292 e. The highest BCUT2D eigenvalue weighted by atomic mass is 16.6. The van der Waals surface area contributed by atoms with Crippen LogP contribution >= 0.6 is 0 Å². The number of nitro benzene ring substituents is 1. The predicted molar refractivity (Wildman–Crippen MR) is 83.8 cm³/mol. The van der Waals surface area contributed by atoms with E-state index in [4.69, 9.17) is 0 Å². The zero-order chi connectivity index (χ0) is 14.8. The van der Waals surface area contributed by atoms with Crippen molar-refractivity contribution in [3.8, 4) is 0 Å². The highest BCUT2D eigenvalue weighted by Crippen LogP contribution is 2.29. The van der Waals surface area contributed by atoms with Crippen molar-refractivity contribution in [2.75, 3.05) is 17.2 Å². The minimum Gasteiger partial charge on any atom is -0.384 e. The van der Waals surface area contributed by atoms with Gasteiger partial charge in [0, 0.05) is 24.8 Å². The topological polar surface area (TPSA) is 67.2 Å². The van der Waals surface area contributed by atoms with Crippen molar-refractivity contribution in [1.82, 2.24) is 0 Å². The lowest BCUT2D eigenvalue weighted by atomic mass is 10.1. The van der Waals surface area contributed by atoms with Crippen LogP contribution in [-0.4, -0.2) is 11.5 Å². The molecule has 0 atom stereocenters. The summed E-state index contributed by atoms with van der Waals surface area (Å²) in [5.74, 6) is 0. The van der Waals surface area contributed by atoms with Gasteiger partial charge in [0.1, 0.15) is 5.69 Å².